The molecule has 0 fully saturated rings. The fourth-order valence-electron chi connectivity index (χ4n) is 2.55. The van der Waals surface area contributed by atoms with Crippen LogP contribution in [0, 0.1) is 0 Å². The lowest BCUT2D eigenvalue weighted by molar-refractivity contribution is -0.149. The number of fused-ring (bicyclic) bond motifs is 2. The number of carbonyl (C=O) groups excluding carboxylic acids is 2. The Labute approximate surface area is 167 Å². The highest BCUT2D eigenvalue weighted by atomic mass is 32.1. The van der Waals surface area contributed by atoms with Crippen LogP contribution in [0.4, 0.5) is 5.69 Å². The SMILES string of the molecule is O=C(COC(=O)COc1ccc2ccc(=O)oc2c1)Nc1cccc2nsnc12. The molecule has 4 rings (SSSR count). The van der Waals surface area contributed by atoms with Gasteiger partial charge in [-0.05, 0) is 30.3 Å². The molecule has 0 atom stereocenters. The molecule has 0 saturated heterocycles. The van der Waals surface area contributed by atoms with Gasteiger partial charge in [0.15, 0.2) is 13.2 Å². The third-order valence-corrected chi connectivity index (χ3v) is 4.42. The van der Waals surface area contributed by atoms with Gasteiger partial charge in [-0.2, -0.15) is 8.75 Å². The van der Waals surface area contributed by atoms with Crippen LogP contribution in [0.5, 0.6) is 5.75 Å². The molecule has 2 aromatic carbocycles. The van der Waals surface area contributed by atoms with E-state index in [1.807, 2.05) is 0 Å². The normalized spacial score (nSPS) is 10.8. The summed E-state index contributed by atoms with van der Waals surface area (Å²) in [5, 5.41) is 3.35. The van der Waals surface area contributed by atoms with E-state index in [9.17, 15) is 14.4 Å². The number of hydrogen-bond acceptors (Lipinski definition) is 9. The zero-order valence-electron chi connectivity index (χ0n) is 14.8. The molecular formula is C19H13N3O6S. The molecule has 0 saturated carbocycles. The lowest BCUT2D eigenvalue weighted by Crippen LogP contribution is -2.23. The van der Waals surface area contributed by atoms with E-state index < -0.39 is 30.7 Å². The van der Waals surface area contributed by atoms with Crippen LogP contribution < -0.4 is 15.7 Å². The molecule has 0 aliphatic heterocycles. The Kier molecular flexibility index (Phi) is 5.16. The molecule has 1 N–H and O–H groups in total. The van der Waals surface area contributed by atoms with Crippen LogP contribution in [-0.4, -0.2) is 33.8 Å². The van der Waals surface area contributed by atoms with Gasteiger partial charge in [0.05, 0.1) is 17.4 Å². The van der Waals surface area contributed by atoms with E-state index in [-0.39, 0.29) is 0 Å². The first-order valence-corrected chi connectivity index (χ1v) is 9.15. The third kappa shape index (κ3) is 4.38. The van der Waals surface area contributed by atoms with Gasteiger partial charge in [-0.3, -0.25) is 4.79 Å². The average Bonchev–Trinajstić information content (AvgIpc) is 3.20. The highest BCUT2D eigenvalue weighted by Gasteiger charge is 2.12. The molecule has 1 amide bonds. The van der Waals surface area contributed by atoms with Crippen LogP contribution in [0.1, 0.15) is 0 Å². The Morgan fingerprint density at radius 1 is 1.07 bits per heavy atom. The quantitative estimate of drug-likeness (QED) is 0.379. The predicted molar refractivity (Wildman–Crippen MR) is 105 cm³/mol. The lowest BCUT2D eigenvalue weighted by Gasteiger charge is -2.08. The predicted octanol–water partition coefficient (Wildman–Crippen LogP) is 2.36. The Balaban J connectivity index is 1.29. The van der Waals surface area contributed by atoms with Crippen LogP contribution in [0.25, 0.3) is 22.0 Å². The smallest absolute Gasteiger partial charge is 0.344 e. The summed E-state index contributed by atoms with van der Waals surface area (Å²) in [6, 6.07) is 13.0. The third-order valence-electron chi connectivity index (χ3n) is 3.88. The van der Waals surface area contributed by atoms with Crippen molar-refractivity contribution in [3.05, 3.63) is 59.0 Å². The molecule has 10 heteroatoms. The topological polar surface area (TPSA) is 121 Å². The largest absolute Gasteiger partial charge is 0.482 e. The van der Waals surface area contributed by atoms with E-state index in [1.165, 1.54) is 12.1 Å². The minimum atomic E-state index is -0.719. The van der Waals surface area contributed by atoms with Crippen molar-refractivity contribution in [2.75, 3.05) is 18.5 Å². The first kappa shape index (κ1) is 18.6. The number of rotatable bonds is 6. The molecule has 0 aliphatic carbocycles. The molecule has 2 heterocycles. The Morgan fingerprint density at radius 2 is 1.93 bits per heavy atom. The Morgan fingerprint density at radius 3 is 2.83 bits per heavy atom. The summed E-state index contributed by atoms with van der Waals surface area (Å²) >= 11 is 1.04. The summed E-state index contributed by atoms with van der Waals surface area (Å²) in [6.45, 7) is -0.871. The van der Waals surface area contributed by atoms with Gasteiger partial charge in [0.1, 0.15) is 22.4 Å². The molecular weight excluding hydrogens is 398 g/mol. The van der Waals surface area contributed by atoms with Crippen molar-refractivity contribution >= 4 is 51.3 Å². The van der Waals surface area contributed by atoms with Crippen molar-refractivity contribution in [1.82, 2.24) is 8.75 Å². The maximum atomic E-state index is 12.0. The van der Waals surface area contributed by atoms with Gasteiger partial charge in [-0.15, -0.1) is 0 Å². The lowest BCUT2D eigenvalue weighted by atomic mass is 10.2. The molecule has 4 aromatic rings. The summed E-state index contributed by atoms with van der Waals surface area (Å²) in [7, 11) is 0. The fourth-order valence-corrected chi connectivity index (χ4v) is 3.10. The van der Waals surface area contributed by atoms with Crippen molar-refractivity contribution in [1.29, 1.82) is 0 Å². The van der Waals surface area contributed by atoms with E-state index in [0.29, 0.717) is 28.1 Å². The second kappa shape index (κ2) is 8.07. The van der Waals surface area contributed by atoms with E-state index in [1.54, 1.807) is 36.4 Å². The van der Waals surface area contributed by atoms with E-state index in [0.717, 1.165) is 17.1 Å². The number of nitrogens with one attached hydrogen (secondary N) is 1. The first-order chi connectivity index (χ1) is 14.1. The standard InChI is InChI=1S/C19H13N3O6S/c23-16(20-13-2-1-3-14-19(13)22-29-21-14)9-27-18(25)10-26-12-6-4-11-5-7-17(24)28-15(11)8-12/h1-8H,9-10H2,(H,20,23). The van der Waals surface area contributed by atoms with Crippen molar-refractivity contribution in [3.63, 3.8) is 0 Å². The average molecular weight is 411 g/mol. The number of hydrogen-bond donors (Lipinski definition) is 1. The van der Waals surface area contributed by atoms with Crippen molar-refractivity contribution in [3.8, 4) is 5.75 Å². The second-order valence-corrected chi connectivity index (χ2v) is 6.42. The van der Waals surface area contributed by atoms with Gasteiger partial charge in [0.25, 0.3) is 5.91 Å². The highest BCUT2D eigenvalue weighted by molar-refractivity contribution is 7.00. The molecule has 0 bridgehead atoms. The zero-order chi connectivity index (χ0) is 20.2. The van der Waals surface area contributed by atoms with Crippen molar-refractivity contribution < 1.29 is 23.5 Å². The second-order valence-electron chi connectivity index (χ2n) is 5.89. The number of amides is 1. The maximum absolute atomic E-state index is 12.0. The molecule has 146 valence electrons. The summed E-state index contributed by atoms with van der Waals surface area (Å²) in [5.74, 6) is -0.898. The molecule has 0 aliphatic rings. The van der Waals surface area contributed by atoms with E-state index in [2.05, 4.69) is 14.1 Å². The molecule has 9 nitrogen and oxygen atoms in total. The van der Waals surface area contributed by atoms with Gasteiger partial charge < -0.3 is 19.2 Å². The number of aromatic nitrogens is 2. The molecule has 0 unspecified atom stereocenters. The van der Waals surface area contributed by atoms with Crippen molar-refractivity contribution in [2.45, 2.75) is 0 Å². The maximum Gasteiger partial charge on any atom is 0.344 e. The van der Waals surface area contributed by atoms with E-state index in [4.69, 9.17) is 13.9 Å². The summed E-state index contributed by atoms with van der Waals surface area (Å²) < 4.78 is 23.5. The van der Waals surface area contributed by atoms with Gasteiger partial charge in [-0.1, -0.05) is 6.07 Å². The van der Waals surface area contributed by atoms with Crippen molar-refractivity contribution in [2.24, 2.45) is 0 Å². The van der Waals surface area contributed by atoms with Crippen LogP contribution in [-0.2, 0) is 14.3 Å². The molecule has 0 spiro atoms. The molecule has 2 aromatic heterocycles. The Bertz CT molecular complexity index is 1270. The minimum absolute atomic E-state index is 0.330. The van der Waals surface area contributed by atoms with Gasteiger partial charge in [0, 0.05) is 17.5 Å². The summed E-state index contributed by atoms with van der Waals surface area (Å²) in [5.41, 5.74) is 1.59. The van der Waals surface area contributed by atoms with Crippen LogP contribution in [0.15, 0.2) is 57.7 Å². The molecule has 29 heavy (non-hydrogen) atoms. The van der Waals surface area contributed by atoms with Gasteiger partial charge >= 0.3 is 11.6 Å². The van der Waals surface area contributed by atoms with Crippen LogP contribution >= 0.6 is 11.7 Å². The summed E-state index contributed by atoms with van der Waals surface area (Å²) in [4.78, 5) is 35.1. The van der Waals surface area contributed by atoms with Crippen LogP contribution in [0.3, 0.4) is 0 Å². The number of anilines is 1. The monoisotopic (exact) mass is 411 g/mol. The molecule has 0 radical (unpaired) electrons. The van der Waals surface area contributed by atoms with Gasteiger partial charge in [-0.25, -0.2) is 9.59 Å². The highest BCUT2D eigenvalue weighted by Crippen LogP contribution is 2.21. The number of nitrogens with zero attached hydrogens (tertiary/aromatic N) is 2. The minimum Gasteiger partial charge on any atom is -0.482 e. The number of esters is 1. The zero-order valence-corrected chi connectivity index (χ0v) is 15.6. The number of benzene rings is 2. The summed E-state index contributed by atoms with van der Waals surface area (Å²) in [6.07, 6.45) is 0. The van der Waals surface area contributed by atoms with Gasteiger partial charge in [0.2, 0.25) is 0 Å². The Hall–Kier alpha value is -3.79. The van der Waals surface area contributed by atoms with E-state index >= 15 is 0 Å². The first-order valence-electron chi connectivity index (χ1n) is 8.42. The fraction of sp³-hybridized carbons (Fsp3) is 0.105. The van der Waals surface area contributed by atoms with Crippen LogP contribution in [0.2, 0.25) is 0 Å². The number of carbonyl (C=O) groups is 2. The number of ether oxygens (including phenoxy) is 2.